The van der Waals surface area contributed by atoms with Gasteiger partial charge in [0.05, 0.1) is 17.2 Å². The summed E-state index contributed by atoms with van der Waals surface area (Å²) in [6, 6.07) is 16.7. The van der Waals surface area contributed by atoms with Gasteiger partial charge in [-0.25, -0.2) is 4.39 Å². The third-order valence-corrected chi connectivity index (χ3v) is 3.56. The molecule has 2 nitrogen and oxygen atoms in total. The van der Waals surface area contributed by atoms with E-state index in [0.717, 1.165) is 22.1 Å². The third-order valence-electron chi connectivity index (χ3n) is 3.56. The first-order valence-corrected chi connectivity index (χ1v) is 6.44. The van der Waals surface area contributed by atoms with Crippen LogP contribution in [0.3, 0.4) is 0 Å². The molecule has 3 heteroatoms. The molecule has 0 amide bonds. The molecule has 2 aromatic heterocycles. The van der Waals surface area contributed by atoms with Gasteiger partial charge in [-0.15, -0.1) is 0 Å². The van der Waals surface area contributed by atoms with Crippen LogP contribution in [0, 0.1) is 5.82 Å². The van der Waals surface area contributed by atoms with Gasteiger partial charge in [-0.05, 0) is 36.4 Å². The molecule has 0 spiro atoms. The van der Waals surface area contributed by atoms with Gasteiger partial charge in [0.1, 0.15) is 5.82 Å². The first kappa shape index (κ1) is 11.2. The predicted molar refractivity (Wildman–Crippen MR) is 78.5 cm³/mol. The lowest BCUT2D eigenvalue weighted by atomic mass is 10.2. The zero-order chi connectivity index (χ0) is 13.5. The summed E-state index contributed by atoms with van der Waals surface area (Å²) in [7, 11) is 0. The Bertz CT molecular complexity index is 854. The number of halogens is 1. The molecule has 0 aliphatic rings. The first-order chi connectivity index (χ1) is 9.84. The van der Waals surface area contributed by atoms with Crippen LogP contribution in [0.1, 0.15) is 0 Å². The zero-order valence-corrected chi connectivity index (χ0v) is 10.6. The molecule has 4 rings (SSSR count). The topological polar surface area (TPSA) is 17.8 Å². The van der Waals surface area contributed by atoms with E-state index < -0.39 is 0 Å². The van der Waals surface area contributed by atoms with Crippen molar-refractivity contribution in [2.75, 3.05) is 0 Å². The Balaban J connectivity index is 2.17. The van der Waals surface area contributed by atoms with Gasteiger partial charge in [-0.3, -0.25) is 4.98 Å². The summed E-state index contributed by atoms with van der Waals surface area (Å²) < 4.78 is 15.2. The van der Waals surface area contributed by atoms with Crippen molar-refractivity contribution in [3.05, 3.63) is 72.8 Å². The number of pyridine rings is 1. The van der Waals surface area contributed by atoms with Crippen molar-refractivity contribution in [1.29, 1.82) is 0 Å². The molecule has 2 heterocycles. The Kier molecular flexibility index (Phi) is 2.33. The molecule has 0 aliphatic carbocycles. The Morgan fingerprint density at radius 2 is 1.55 bits per heavy atom. The van der Waals surface area contributed by atoms with Gasteiger partial charge in [-0.1, -0.05) is 18.2 Å². The van der Waals surface area contributed by atoms with Crippen LogP contribution in [0.2, 0.25) is 0 Å². The third kappa shape index (κ3) is 1.53. The van der Waals surface area contributed by atoms with Gasteiger partial charge in [-0.2, -0.15) is 0 Å². The second kappa shape index (κ2) is 4.17. The monoisotopic (exact) mass is 262 g/mol. The zero-order valence-electron chi connectivity index (χ0n) is 10.6. The molecule has 0 bridgehead atoms. The number of rotatable bonds is 1. The summed E-state index contributed by atoms with van der Waals surface area (Å²) in [6.45, 7) is 0. The normalized spacial score (nSPS) is 11.2. The van der Waals surface area contributed by atoms with E-state index in [2.05, 4.69) is 21.7 Å². The molecule has 96 valence electrons. The fourth-order valence-electron chi connectivity index (χ4n) is 2.69. The predicted octanol–water partition coefficient (Wildman–Crippen LogP) is 4.32. The minimum atomic E-state index is -0.229. The highest BCUT2D eigenvalue weighted by Gasteiger charge is 2.11. The van der Waals surface area contributed by atoms with E-state index in [1.54, 1.807) is 18.3 Å². The van der Waals surface area contributed by atoms with Gasteiger partial charge in [0.15, 0.2) is 0 Å². The van der Waals surface area contributed by atoms with Gasteiger partial charge in [0.25, 0.3) is 0 Å². The largest absolute Gasteiger partial charge is 0.308 e. The molecule has 0 radical (unpaired) electrons. The second-order valence-corrected chi connectivity index (χ2v) is 4.72. The summed E-state index contributed by atoms with van der Waals surface area (Å²) >= 11 is 0. The number of benzene rings is 2. The minimum Gasteiger partial charge on any atom is -0.308 e. The lowest BCUT2D eigenvalue weighted by molar-refractivity contribution is 0.627. The molecule has 20 heavy (non-hydrogen) atoms. The maximum absolute atomic E-state index is 13.1. The van der Waals surface area contributed by atoms with Crippen LogP contribution in [-0.2, 0) is 0 Å². The van der Waals surface area contributed by atoms with Crippen LogP contribution in [0.5, 0.6) is 0 Å². The second-order valence-electron chi connectivity index (χ2n) is 4.72. The van der Waals surface area contributed by atoms with Crippen molar-refractivity contribution >= 4 is 21.8 Å². The quantitative estimate of drug-likeness (QED) is 0.499. The Morgan fingerprint density at radius 3 is 2.40 bits per heavy atom. The van der Waals surface area contributed by atoms with E-state index in [4.69, 9.17) is 0 Å². The van der Waals surface area contributed by atoms with Crippen LogP contribution < -0.4 is 0 Å². The minimum absolute atomic E-state index is 0.229. The van der Waals surface area contributed by atoms with Crippen molar-refractivity contribution in [2.45, 2.75) is 0 Å². The average molecular weight is 262 g/mol. The molecule has 0 unspecified atom stereocenters. The highest BCUT2D eigenvalue weighted by atomic mass is 19.1. The molecular formula is C17H11FN2. The number of para-hydroxylation sites is 1. The van der Waals surface area contributed by atoms with E-state index in [1.165, 1.54) is 17.5 Å². The lowest BCUT2D eigenvalue weighted by Gasteiger charge is -2.06. The molecule has 0 N–H and O–H groups in total. The molecule has 0 saturated carbocycles. The maximum Gasteiger partial charge on any atom is 0.123 e. The molecule has 2 aromatic carbocycles. The Morgan fingerprint density at radius 1 is 0.800 bits per heavy atom. The summed E-state index contributed by atoms with van der Waals surface area (Å²) in [5.41, 5.74) is 3.06. The highest BCUT2D eigenvalue weighted by Crippen LogP contribution is 2.30. The van der Waals surface area contributed by atoms with Crippen molar-refractivity contribution in [1.82, 2.24) is 9.55 Å². The van der Waals surface area contributed by atoms with Gasteiger partial charge in [0.2, 0.25) is 0 Å². The highest BCUT2D eigenvalue weighted by molar-refractivity contribution is 6.08. The Labute approximate surface area is 115 Å². The van der Waals surface area contributed by atoms with Crippen molar-refractivity contribution in [3.63, 3.8) is 0 Å². The smallest absolute Gasteiger partial charge is 0.123 e. The standard InChI is InChI=1S/C17H11FN2/c18-12-5-7-13(8-6-12)20-16-4-2-1-3-14(16)15-9-10-19-11-17(15)20/h1-11H. The van der Waals surface area contributed by atoms with Gasteiger partial charge in [0, 0.05) is 22.7 Å². The number of hydrogen-bond donors (Lipinski definition) is 0. The molecular weight excluding hydrogens is 251 g/mol. The van der Waals surface area contributed by atoms with Crippen LogP contribution in [0.15, 0.2) is 67.0 Å². The first-order valence-electron chi connectivity index (χ1n) is 6.44. The van der Waals surface area contributed by atoms with Gasteiger partial charge < -0.3 is 4.57 Å². The van der Waals surface area contributed by atoms with E-state index in [-0.39, 0.29) is 5.82 Å². The maximum atomic E-state index is 13.1. The van der Waals surface area contributed by atoms with Crippen LogP contribution >= 0.6 is 0 Å². The summed E-state index contributed by atoms with van der Waals surface area (Å²) in [5.74, 6) is -0.229. The fourth-order valence-corrected chi connectivity index (χ4v) is 2.69. The van der Waals surface area contributed by atoms with E-state index in [1.807, 2.05) is 24.4 Å². The van der Waals surface area contributed by atoms with E-state index in [0.29, 0.717) is 0 Å². The number of nitrogens with zero attached hydrogens (tertiary/aromatic N) is 2. The fraction of sp³-hybridized carbons (Fsp3) is 0. The van der Waals surface area contributed by atoms with Crippen molar-refractivity contribution in [2.24, 2.45) is 0 Å². The molecule has 4 aromatic rings. The molecule has 0 aliphatic heterocycles. The number of fused-ring (bicyclic) bond motifs is 3. The molecule has 0 saturated heterocycles. The van der Waals surface area contributed by atoms with Crippen LogP contribution in [0.25, 0.3) is 27.5 Å². The molecule has 0 atom stereocenters. The Hall–Kier alpha value is -2.68. The summed E-state index contributed by atoms with van der Waals surface area (Å²) in [6.07, 6.45) is 3.64. The number of aromatic nitrogens is 2. The SMILES string of the molecule is Fc1ccc(-n2c3ccccc3c3ccncc32)cc1. The summed E-state index contributed by atoms with van der Waals surface area (Å²) in [4.78, 5) is 4.22. The lowest BCUT2D eigenvalue weighted by Crippen LogP contribution is -1.93. The van der Waals surface area contributed by atoms with Crippen LogP contribution in [0.4, 0.5) is 4.39 Å². The van der Waals surface area contributed by atoms with Gasteiger partial charge >= 0.3 is 0 Å². The van der Waals surface area contributed by atoms with Crippen molar-refractivity contribution in [3.8, 4) is 5.69 Å². The summed E-state index contributed by atoms with van der Waals surface area (Å²) in [5, 5.41) is 2.33. The van der Waals surface area contributed by atoms with Crippen LogP contribution in [-0.4, -0.2) is 9.55 Å². The van der Waals surface area contributed by atoms with Crippen molar-refractivity contribution < 1.29 is 4.39 Å². The van der Waals surface area contributed by atoms with E-state index >= 15 is 0 Å². The van der Waals surface area contributed by atoms with E-state index in [9.17, 15) is 4.39 Å². The number of hydrogen-bond acceptors (Lipinski definition) is 1. The molecule has 0 fully saturated rings. The average Bonchev–Trinajstić information content (AvgIpc) is 2.83.